The van der Waals surface area contributed by atoms with Gasteiger partial charge in [0.2, 0.25) is 5.91 Å². The van der Waals surface area contributed by atoms with Crippen molar-refractivity contribution in [2.24, 2.45) is 5.92 Å². The molecule has 3 N–H and O–H groups in total. The van der Waals surface area contributed by atoms with Crippen molar-refractivity contribution in [3.63, 3.8) is 0 Å². The molecule has 2 saturated heterocycles. The minimum Gasteiger partial charge on any atom is -0.378 e. The summed E-state index contributed by atoms with van der Waals surface area (Å²) in [6.45, 7) is 2.45. The van der Waals surface area contributed by atoms with Crippen LogP contribution in [0.4, 0.5) is 10.1 Å². The van der Waals surface area contributed by atoms with Crippen molar-refractivity contribution in [2.45, 2.75) is 36.4 Å². The molecule has 0 saturated carbocycles. The zero-order valence-electron chi connectivity index (χ0n) is 19.9. The quantitative estimate of drug-likeness (QED) is 0.456. The number of carbonyl (C=O) groups is 2. The molecule has 1 aromatic heterocycles. The highest BCUT2D eigenvalue weighted by Gasteiger charge is 2.29. The first kappa shape index (κ1) is 26.1. The monoisotopic (exact) mass is 519 g/mol. The third-order valence-electron chi connectivity index (χ3n) is 6.37. The maximum absolute atomic E-state index is 13.3. The van der Waals surface area contributed by atoms with Crippen LogP contribution in [0, 0.1) is 11.7 Å². The normalized spacial score (nSPS) is 18.3. The van der Waals surface area contributed by atoms with E-state index in [1.54, 1.807) is 0 Å². The molecule has 1 atom stereocenters. The fraction of sp³-hybridized carbons (Fsp3) is 0.458. The van der Waals surface area contributed by atoms with Crippen LogP contribution in [-0.4, -0.2) is 75.6 Å². The number of anilines is 1. The highest BCUT2D eigenvalue weighted by Crippen LogP contribution is 2.22. The molecule has 2 amide bonds. The maximum Gasteiger partial charge on any atom is 0.258 e. The van der Waals surface area contributed by atoms with Crippen molar-refractivity contribution in [3.05, 3.63) is 54.0 Å². The van der Waals surface area contributed by atoms with Gasteiger partial charge in [-0.05, 0) is 81.7 Å². The Labute approximate surface area is 209 Å². The summed E-state index contributed by atoms with van der Waals surface area (Å²) >= 11 is 0. The van der Waals surface area contributed by atoms with Crippen molar-refractivity contribution in [1.82, 2.24) is 19.9 Å². The molecule has 36 heavy (non-hydrogen) atoms. The second-order valence-electron chi connectivity index (χ2n) is 9.25. The zero-order valence-corrected chi connectivity index (χ0v) is 20.8. The average Bonchev–Trinajstić information content (AvgIpc) is 2.83. The van der Waals surface area contributed by atoms with Crippen LogP contribution in [0.15, 0.2) is 47.6 Å². The van der Waals surface area contributed by atoms with Gasteiger partial charge in [-0.3, -0.25) is 9.59 Å². The molecule has 2 aromatic rings. The van der Waals surface area contributed by atoms with E-state index >= 15 is 0 Å². The Bertz CT molecular complexity index is 1160. The number of carbonyl (C=O) groups excluding carboxylic acids is 2. The fourth-order valence-electron chi connectivity index (χ4n) is 4.13. The largest absolute Gasteiger partial charge is 0.378 e. The molecule has 4 rings (SSSR count). The van der Waals surface area contributed by atoms with Gasteiger partial charge in [0.05, 0.1) is 31.1 Å². The molecule has 12 heteroatoms. The van der Waals surface area contributed by atoms with Gasteiger partial charge in [0.1, 0.15) is 11.9 Å². The summed E-state index contributed by atoms with van der Waals surface area (Å²) in [5.41, 5.74) is 0.550. The average molecular weight is 520 g/mol. The number of likely N-dealkylation sites (tertiary alicyclic amines) is 1. The van der Waals surface area contributed by atoms with E-state index in [1.165, 1.54) is 42.6 Å². The number of benzene rings is 1. The minimum atomic E-state index is -3.80. The van der Waals surface area contributed by atoms with Gasteiger partial charge in [-0.25, -0.2) is 22.5 Å². The van der Waals surface area contributed by atoms with E-state index in [4.69, 9.17) is 4.74 Å². The van der Waals surface area contributed by atoms with Crippen molar-refractivity contribution >= 4 is 27.5 Å². The summed E-state index contributed by atoms with van der Waals surface area (Å²) in [5.74, 6) is -1.13. The number of rotatable bonds is 9. The van der Waals surface area contributed by atoms with Gasteiger partial charge < -0.3 is 20.3 Å². The number of piperidine rings is 1. The lowest BCUT2D eigenvalue weighted by Gasteiger charge is -2.31. The van der Waals surface area contributed by atoms with E-state index in [0.717, 1.165) is 25.9 Å². The van der Waals surface area contributed by atoms with Crippen LogP contribution in [0.5, 0.6) is 0 Å². The molecule has 1 aromatic carbocycles. The Kier molecular flexibility index (Phi) is 8.29. The van der Waals surface area contributed by atoms with Crippen LogP contribution in [-0.2, 0) is 19.6 Å². The number of pyridine rings is 1. The molecule has 0 radical (unpaired) electrons. The molecule has 2 aliphatic heterocycles. The number of ether oxygens (including phenoxy) is 1. The lowest BCUT2D eigenvalue weighted by Crippen LogP contribution is -2.48. The summed E-state index contributed by atoms with van der Waals surface area (Å²) in [7, 11) is -1.75. The summed E-state index contributed by atoms with van der Waals surface area (Å²) in [6, 6.07) is 6.75. The lowest BCUT2D eigenvalue weighted by molar-refractivity contribution is -0.118. The number of sulfonamides is 1. The summed E-state index contributed by atoms with van der Waals surface area (Å²) < 4.78 is 45.5. The smallest absolute Gasteiger partial charge is 0.258 e. The van der Waals surface area contributed by atoms with E-state index in [-0.39, 0.29) is 22.5 Å². The number of amides is 2. The van der Waals surface area contributed by atoms with Crippen molar-refractivity contribution < 1.29 is 27.1 Å². The van der Waals surface area contributed by atoms with Gasteiger partial charge >= 0.3 is 0 Å². The van der Waals surface area contributed by atoms with Gasteiger partial charge in [0.25, 0.3) is 15.9 Å². The summed E-state index contributed by atoms with van der Waals surface area (Å²) in [6.07, 6.45) is 3.51. The van der Waals surface area contributed by atoms with Crippen LogP contribution in [0.25, 0.3) is 0 Å². The van der Waals surface area contributed by atoms with Crippen LogP contribution < -0.4 is 15.4 Å². The van der Waals surface area contributed by atoms with E-state index in [1.807, 2.05) is 7.05 Å². The maximum atomic E-state index is 13.3. The Morgan fingerprint density at radius 3 is 2.42 bits per heavy atom. The Morgan fingerprint density at radius 2 is 1.83 bits per heavy atom. The standard InChI is InChI=1S/C24H30FN5O5S/c1-30-10-8-16(9-11-30)12-21(28-23(31)17-2-4-18(25)5-3-17)24(32)27-19-6-7-22(26-13-19)36(33,34)29-20-14-35-15-20/h2-7,13,16,20-21,29H,8-12,14-15H2,1H3,(H,27,32)(H,28,31)/t21-/m0/s1. The predicted octanol–water partition coefficient (Wildman–Crippen LogP) is 1.37. The lowest BCUT2D eigenvalue weighted by atomic mass is 9.90. The number of nitrogens with one attached hydrogen (secondary N) is 3. The summed E-state index contributed by atoms with van der Waals surface area (Å²) in [4.78, 5) is 32.1. The molecule has 2 fully saturated rings. The van der Waals surface area contributed by atoms with Gasteiger partial charge in [-0.15, -0.1) is 0 Å². The molecule has 3 heterocycles. The van der Waals surface area contributed by atoms with Crippen LogP contribution >= 0.6 is 0 Å². The first-order valence-corrected chi connectivity index (χ1v) is 13.3. The molecule has 0 unspecified atom stereocenters. The third-order valence-corrected chi connectivity index (χ3v) is 7.81. The molecule has 194 valence electrons. The fourth-order valence-corrected chi connectivity index (χ4v) is 5.27. The molecule has 0 spiro atoms. The minimum absolute atomic E-state index is 0.167. The van der Waals surface area contributed by atoms with Gasteiger partial charge in [-0.1, -0.05) is 0 Å². The van der Waals surface area contributed by atoms with Crippen molar-refractivity contribution in [3.8, 4) is 0 Å². The first-order chi connectivity index (χ1) is 17.2. The van der Waals surface area contributed by atoms with Crippen molar-refractivity contribution in [1.29, 1.82) is 0 Å². The highest BCUT2D eigenvalue weighted by atomic mass is 32.2. The molecule has 0 bridgehead atoms. The SMILES string of the molecule is CN1CCC(C[C@H](NC(=O)c2ccc(F)cc2)C(=O)Nc2ccc(S(=O)(=O)NC3COC3)nc2)CC1. The van der Waals surface area contributed by atoms with Gasteiger partial charge in [-0.2, -0.15) is 0 Å². The highest BCUT2D eigenvalue weighted by molar-refractivity contribution is 7.89. The molecular formula is C24H30FN5O5S. The Morgan fingerprint density at radius 1 is 1.14 bits per heavy atom. The number of hydrogen-bond acceptors (Lipinski definition) is 7. The topological polar surface area (TPSA) is 130 Å². The Hall–Kier alpha value is -2.93. The summed E-state index contributed by atoms with van der Waals surface area (Å²) in [5, 5.41) is 5.34. The van der Waals surface area contributed by atoms with Crippen LogP contribution in [0.3, 0.4) is 0 Å². The van der Waals surface area contributed by atoms with Crippen LogP contribution in [0.2, 0.25) is 0 Å². The molecule has 10 nitrogen and oxygen atoms in total. The van der Waals surface area contributed by atoms with E-state index in [0.29, 0.717) is 25.3 Å². The van der Waals surface area contributed by atoms with Gasteiger partial charge in [0.15, 0.2) is 5.03 Å². The van der Waals surface area contributed by atoms with E-state index in [9.17, 15) is 22.4 Å². The molecular weight excluding hydrogens is 489 g/mol. The molecule has 0 aliphatic carbocycles. The van der Waals surface area contributed by atoms with Crippen molar-refractivity contribution in [2.75, 3.05) is 38.7 Å². The predicted molar refractivity (Wildman–Crippen MR) is 130 cm³/mol. The number of nitrogens with zero attached hydrogens (tertiary/aromatic N) is 2. The molecule has 2 aliphatic rings. The van der Waals surface area contributed by atoms with Crippen LogP contribution in [0.1, 0.15) is 29.6 Å². The first-order valence-electron chi connectivity index (χ1n) is 11.8. The third kappa shape index (κ3) is 6.84. The number of hydrogen-bond donors (Lipinski definition) is 3. The number of halogens is 1. The van der Waals surface area contributed by atoms with E-state index in [2.05, 4.69) is 25.2 Å². The van der Waals surface area contributed by atoms with Gasteiger partial charge in [0, 0.05) is 5.56 Å². The zero-order chi connectivity index (χ0) is 25.7. The second kappa shape index (κ2) is 11.4. The Balaban J connectivity index is 1.43. The number of aromatic nitrogens is 1. The second-order valence-corrected chi connectivity index (χ2v) is 10.9. The van der Waals surface area contributed by atoms with E-state index < -0.39 is 33.7 Å².